The lowest BCUT2D eigenvalue weighted by Gasteiger charge is -2.08. The Morgan fingerprint density at radius 1 is 1.43 bits per heavy atom. The van der Waals surface area contributed by atoms with Crippen LogP contribution in [0.5, 0.6) is 0 Å². The van der Waals surface area contributed by atoms with Crippen LogP contribution in [-0.4, -0.2) is 15.9 Å². The van der Waals surface area contributed by atoms with E-state index in [1.54, 1.807) is 0 Å². The smallest absolute Gasteiger partial charge is 0.177 e. The lowest BCUT2D eigenvalue weighted by atomic mass is 10.0. The second-order valence-electron chi connectivity index (χ2n) is 3.30. The maximum absolute atomic E-state index is 11.8. The van der Waals surface area contributed by atoms with Crippen LogP contribution in [0.25, 0.3) is 0 Å². The summed E-state index contributed by atoms with van der Waals surface area (Å²) in [5, 5.41) is 0.638. The predicted molar refractivity (Wildman–Crippen MR) is 66.8 cm³/mol. The minimum absolute atomic E-state index is 0.135. The fourth-order valence-corrected chi connectivity index (χ4v) is 1.87. The van der Waals surface area contributed by atoms with Crippen molar-refractivity contribution in [1.82, 2.24) is 0 Å². The molecule has 1 atom stereocenters. The Bertz CT molecular complexity index is 347. The number of halogens is 2. The van der Waals surface area contributed by atoms with Gasteiger partial charge in [-0.25, -0.2) is 0 Å². The van der Waals surface area contributed by atoms with E-state index in [1.165, 1.54) is 5.56 Å². The first kappa shape index (κ1) is 11.9. The average molecular weight is 320 g/mol. The molecular formula is C11H12Br2O. The summed E-state index contributed by atoms with van der Waals surface area (Å²) in [5.74, 6) is 0.138. The van der Waals surface area contributed by atoms with Gasteiger partial charge >= 0.3 is 0 Å². The Kier molecular flexibility index (Phi) is 4.32. The number of benzene rings is 1. The first-order chi connectivity index (χ1) is 6.56. The van der Waals surface area contributed by atoms with Gasteiger partial charge in [-0.05, 0) is 19.4 Å². The number of alkyl halides is 2. The lowest BCUT2D eigenvalue weighted by molar-refractivity contribution is 0.0997. The van der Waals surface area contributed by atoms with E-state index in [0.717, 1.165) is 11.1 Å². The number of rotatable bonds is 3. The number of hydrogen-bond acceptors (Lipinski definition) is 1. The van der Waals surface area contributed by atoms with Crippen LogP contribution >= 0.6 is 31.9 Å². The molecule has 0 heterocycles. The van der Waals surface area contributed by atoms with E-state index >= 15 is 0 Å². The maximum atomic E-state index is 11.8. The summed E-state index contributed by atoms with van der Waals surface area (Å²) in [6, 6.07) is 5.89. The van der Waals surface area contributed by atoms with E-state index < -0.39 is 0 Å². The molecule has 0 radical (unpaired) electrons. The van der Waals surface area contributed by atoms with Crippen molar-refractivity contribution in [2.75, 3.05) is 5.33 Å². The van der Waals surface area contributed by atoms with Crippen LogP contribution in [0.1, 0.15) is 21.5 Å². The second kappa shape index (κ2) is 5.08. The summed E-state index contributed by atoms with van der Waals surface area (Å²) in [7, 11) is 0. The normalized spacial score (nSPS) is 12.6. The van der Waals surface area contributed by atoms with Gasteiger partial charge in [0.2, 0.25) is 0 Å². The molecule has 0 aliphatic rings. The first-order valence-corrected chi connectivity index (χ1v) is 6.41. The van der Waals surface area contributed by atoms with Crippen molar-refractivity contribution in [3.05, 3.63) is 34.9 Å². The molecule has 0 aliphatic heterocycles. The molecular weight excluding hydrogens is 308 g/mol. The molecule has 0 saturated heterocycles. The van der Waals surface area contributed by atoms with Gasteiger partial charge < -0.3 is 0 Å². The van der Waals surface area contributed by atoms with Crippen LogP contribution in [0.4, 0.5) is 0 Å². The standard InChI is InChI=1S/C11H12Br2O/c1-7-3-4-9(8(2)5-7)11(14)10(13)6-12/h3-5,10H,6H2,1-2H3. The van der Waals surface area contributed by atoms with Gasteiger partial charge in [0.05, 0.1) is 4.83 Å². The Labute approximate surface area is 101 Å². The molecule has 3 heteroatoms. The molecule has 0 amide bonds. The average Bonchev–Trinajstić information content (AvgIpc) is 2.15. The van der Waals surface area contributed by atoms with Crippen molar-refractivity contribution < 1.29 is 4.79 Å². The first-order valence-electron chi connectivity index (χ1n) is 4.37. The number of Topliss-reactive ketones (excluding diaryl/α,β-unsaturated/α-hetero) is 1. The highest BCUT2D eigenvalue weighted by atomic mass is 79.9. The molecule has 0 spiro atoms. The molecule has 1 aromatic rings. The van der Waals surface area contributed by atoms with E-state index in [-0.39, 0.29) is 10.6 Å². The zero-order chi connectivity index (χ0) is 10.7. The summed E-state index contributed by atoms with van der Waals surface area (Å²) in [6.45, 7) is 3.99. The van der Waals surface area contributed by atoms with E-state index in [1.807, 2.05) is 32.0 Å². The van der Waals surface area contributed by atoms with Gasteiger partial charge in [-0.3, -0.25) is 4.79 Å². The van der Waals surface area contributed by atoms with Gasteiger partial charge in [0.15, 0.2) is 5.78 Å². The van der Waals surface area contributed by atoms with Crippen molar-refractivity contribution in [3.8, 4) is 0 Å². The zero-order valence-corrected chi connectivity index (χ0v) is 11.4. The van der Waals surface area contributed by atoms with Crippen molar-refractivity contribution in [2.24, 2.45) is 0 Å². The molecule has 1 nitrogen and oxygen atoms in total. The van der Waals surface area contributed by atoms with Gasteiger partial charge in [-0.15, -0.1) is 0 Å². The summed E-state index contributed by atoms with van der Waals surface area (Å²) in [5.41, 5.74) is 3.03. The third-order valence-electron chi connectivity index (χ3n) is 2.07. The van der Waals surface area contributed by atoms with Gasteiger partial charge in [0, 0.05) is 10.9 Å². The Hall–Kier alpha value is -0.150. The van der Waals surface area contributed by atoms with Crippen LogP contribution in [0.2, 0.25) is 0 Å². The molecule has 0 aromatic heterocycles. The third kappa shape index (κ3) is 2.67. The Morgan fingerprint density at radius 3 is 2.57 bits per heavy atom. The molecule has 76 valence electrons. The number of hydrogen-bond donors (Lipinski definition) is 0. The van der Waals surface area contributed by atoms with Crippen molar-refractivity contribution >= 4 is 37.6 Å². The van der Waals surface area contributed by atoms with Crippen LogP contribution in [0.3, 0.4) is 0 Å². The number of ketones is 1. The van der Waals surface area contributed by atoms with Gasteiger partial charge in [-0.2, -0.15) is 0 Å². The van der Waals surface area contributed by atoms with Gasteiger partial charge in [0.25, 0.3) is 0 Å². The summed E-state index contributed by atoms with van der Waals surface area (Å²) >= 11 is 6.62. The fourth-order valence-electron chi connectivity index (χ4n) is 1.33. The summed E-state index contributed by atoms with van der Waals surface area (Å²) in [6.07, 6.45) is 0. The second-order valence-corrected chi connectivity index (χ2v) is 5.06. The minimum atomic E-state index is -0.135. The van der Waals surface area contributed by atoms with Crippen molar-refractivity contribution in [3.63, 3.8) is 0 Å². The largest absolute Gasteiger partial charge is 0.293 e. The monoisotopic (exact) mass is 318 g/mol. The van der Waals surface area contributed by atoms with E-state index in [9.17, 15) is 4.79 Å². The van der Waals surface area contributed by atoms with Crippen molar-refractivity contribution in [2.45, 2.75) is 18.7 Å². The molecule has 0 saturated carbocycles. The topological polar surface area (TPSA) is 17.1 Å². The quantitative estimate of drug-likeness (QED) is 0.614. The molecule has 0 aliphatic carbocycles. The van der Waals surface area contributed by atoms with Crippen LogP contribution in [-0.2, 0) is 0 Å². The molecule has 0 fully saturated rings. The molecule has 14 heavy (non-hydrogen) atoms. The SMILES string of the molecule is Cc1ccc(C(=O)C(Br)CBr)c(C)c1. The molecule has 0 N–H and O–H groups in total. The van der Waals surface area contributed by atoms with Gasteiger partial charge in [-0.1, -0.05) is 55.6 Å². The number of carbonyl (C=O) groups is 1. The van der Waals surface area contributed by atoms with Crippen molar-refractivity contribution in [1.29, 1.82) is 0 Å². The van der Waals surface area contributed by atoms with Crippen LogP contribution in [0, 0.1) is 13.8 Å². The third-order valence-corrected chi connectivity index (χ3v) is 4.32. The number of carbonyl (C=O) groups excluding carboxylic acids is 1. The van der Waals surface area contributed by atoms with Gasteiger partial charge in [0.1, 0.15) is 0 Å². The maximum Gasteiger partial charge on any atom is 0.177 e. The molecule has 0 bridgehead atoms. The molecule has 1 rings (SSSR count). The van der Waals surface area contributed by atoms with E-state index in [2.05, 4.69) is 31.9 Å². The Balaban J connectivity index is 3.02. The highest BCUT2D eigenvalue weighted by Gasteiger charge is 2.16. The van der Waals surface area contributed by atoms with E-state index in [0.29, 0.717) is 5.33 Å². The summed E-state index contributed by atoms with van der Waals surface area (Å²) in [4.78, 5) is 11.7. The zero-order valence-electron chi connectivity index (χ0n) is 8.18. The molecule has 1 unspecified atom stereocenters. The highest BCUT2D eigenvalue weighted by Crippen LogP contribution is 2.17. The van der Waals surface area contributed by atoms with Crippen LogP contribution in [0.15, 0.2) is 18.2 Å². The van der Waals surface area contributed by atoms with Crippen LogP contribution < -0.4 is 0 Å². The number of aryl methyl sites for hydroxylation is 2. The summed E-state index contributed by atoms with van der Waals surface area (Å²) < 4.78 is 0. The lowest BCUT2D eigenvalue weighted by Crippen LogP contribution is -2.16. The van der Waals surface area contributed by atoms with E-state index in [4.69, 9.17) is 0 Å². The predicted octanol–water partition coefficient (Wildman–Crippen LogP) is 3.64. The fraction of sp³-hybridized carbons (Fsp3) is 0.364. The minimum Gasteiger partial charge on any atom is -0.293 e. The Morgan fingerprint density at radius 2 is 2.07 bits per heavy atom. The molecule has 1 aromatic carbocycles. The highest BCUT2D eigenvalue weighted by molar-refractivity contribution is 9.12.